The number of ketones is 1. The van der Waals surface area contributed by atoms with Crippen molar-refractivity contribution in [2.75, 3.05) is 13.1 Å². The summed E-state index contributed by atoms with van der Waals surface area (Å²) in [5.74, 6) is -1.01. The molecule has 3 atom stereocenters. The van der Waals surface area contributed by atoms with Crippen molar-refractivity contribution in [1.29, 1.82) is 0 Å². The summed E-state index contributed by atoms with van der Waals surface area (Å²) in [6, 6.07) is 15.8. The number of carbonyl (C=O) groups excluding carboxylic acids is 5. The fourth-order valence-corrected chi connectivity index (χ4v) is 5.07. The molecule has 1 aliphatic heterocycles. The molecule has 1 fully saturated rings. The molecule has 0 radical (unpaired) electrons. The highest BCUT2D eigenvalue weighted by Gasteiger charge is 2.34. The maximum atomic E-state index is 13.5. The van der Waals surface area contributed by atoms with Gasteiger partial charge in [0.2, 0.25) is 11.8 Å². The molecule has 11 heteroatoms. The second-order valence-corrected chi connectivity index (χ2v) is 12.2. The first kappa shape index (κ1) is 35.1. The lowest BCUT2D eigenvalue weighted by Crippen LogP contribution is -2.54. The maximum absolute atomic E-state index is 13.5. The lowest BCUT2D eigenvalue weighted by molar-refractivity contribution is -0.137. The van der Waals surface area contributed by atoms with Gasteiger partial charge in [-0.15, -0.1) is 0 Å². The van der Waals surface area contributed by atoms with Crippen LogP contribution in [-0.2, 0) is 37.1 Å². The first-order valence-electron chi connectivity index (χ1n) is 15.6. The lowest BCUT2D eigenvalue weighted by atomic mass is 10.0. The largest absolute Gasteiger partial charge is 0.445 e. The van der Waals surface area contributed by atoms with Crippen molar-refractivity contribution in [3.8, 4) is 0 Å². The van der Waals surface area contributed by atoms with E-state index < -0.39 is 36.2 Å². The molecular weight excluding hydrogens is 576 g/mol. The molecule has 0 aliphatic carbocycles. The highest BCUT2D eigenvalue weighted by atomic mass is 16.6. The van der Waals surface area contributed by atoms with Crippen LogP contribution in [0.1, 0.15) is 64.5 Å². The topological polar surface area (TPSA) is 143 Å². The number of amides is 4. The number of nitrogens with one attached hydrogen (secondary N) is 3. The Morgan fingerprint density at radius 2 is 1.27 bits per heavy atom. The zero-order chi connectivity index (χ0) is 32.8. The third-order valence-electron chi connectivity index (χ3n) is 7.32. The van der Waals surface area contributed by atoms with Crippen molar-refractivity contribution in [1.82, 2.24) is 20.9 Å². The average molecular weight is 623 g/mol. The first-order valence-corrected chi connectivity index (χ1v) is 15.6. The van der Waals surface area contributed by atoms with Crippen LogP contribution in [0.4, 0.5) is 9.59 Å². The third-order valence-corrected chi connectivity index (χ3v) is 7.32. The first-order chi connectivity index (χ1) is 21.5. The predicted molar refractivity (Wildman–Crippen MR) is 169 cm³/mol. The van der Waals surface area contributed by atoms with Crippen molar-refractivity contribution in [3.63, 3.8) is 0 Å². The highest BCUT2D eigenvalue weighted by molar-refractivity contribution is 5.96. The van der Waals surface area contributed by atoms with Gasteiger partial charge in [0.05, 0.1) is 12.6 Å². The molecule has 2 aromatic carbocycles. The van der Waals surface area contributed by atoms with Gasteiger partial charge in [0.1, 0.15) is 25.3 Å². The number of likely N-dealkylation sites (tertiary alicyclic amines) is 1. The monoisotopic (exact) mass is 622 g/mol. The number of Topliss-reactive ketones (excluding diaryl/α,β-unsaturated/α-hetero) is 1. The van der Waals surface area contributed by atoms with Gasteiger partial charge in [-0.2, -0.15) is 0 Å². The van der Waals surface area contributed by atoms with E-state index in [9.17, 15) is 24.0 Å². The number of alkyl carbamates (subject to hydrolysis) is 2. The van der Waals surface area contributed by atoms with Crippen LogP contribution in [0.3, 0.4) is 0 Å². The molecule has 1 heterocycles. The van der Waals surface area contributed by atoms with E-state index in [2.05, 4.69) is 16.0 Å². The normalized spacial score (nSPS) is 16.4. The fraction of sp³-hybridized carbons (Fsp3) is 0.500. The number of benzene rings is 2. The van der Waals surface area contributed by atoms with Crippen LogP contribution in [0.15, 0.2) is 60.7 Å². The van der Waals surface area contributed by atoms with Crippen LogP contribution >= 0.6 is 0 Å². The summed E-state index contributed by atoms with van der Waals surface area (Å²) in [6.45, 7) is 7.95. The van der Waals surface area contributed by atoms with Gasteiger partial charge in [0.15, 0.2) is 5.78 Å². The highest BCUT2D eigenvalue weighted by Crippen LogP contribution is 2.15. The average Bonchev–Trinajstić information content (AvgIpc) is 3.19. The second-order valence-electron chi connectivity index (χ2n) is 12.2. The van der Waals surface area contributed by atoms with Crippen LogP contribution < -0.4 is 16.0 Å². The van der Waals surface area contributed by atoms with E-state index in [4.69, 9.17) is 9.47 Å². The Morgan fingerprint density at radius 1 is 0.778 bits per heavy atom. The quantitative estimate of drug-likeness (QED) is 0.302. The molecule has 11 nitrogen and oxygen atoms in total. The van der Waals surface area contributed by atoms with Gasteiger partial charge in [-0.1, -0.05) is 88.4 Å². The number of hydrogen-bond donors (Lipinski definition) is 3. The van der Waals surface area contributed by atoms with E-state index >= 15 is 0 Å². The lowest BCUT2D eigenvalue weighted by Gasteiger charge is -2.27. The van der Waals surface area contributed by atoms with E-state index in [0.717, 1.165) is 11.1 Å². The molecule has 0 spiro atoms. The number of ether oxygens (including phenoxy) is 2. The summed E-state index contributed by atoms with van der Waals surface area (Å²) in [4.78, 5) is 66.6. The molecule has 0 saturated carbocycles. The van der Waals surface area contributed by atoms with Gasteiger partial charge in [-0.3, -0.25) is 14.4 Å². The van der Waals surface area contributed by atoms with Gasteiger partial charge in [-0.05, 0) is 48.6 Å². The van der Waals surface area contributed by atoms with Gasteiger partial charge in [0.25, 0.3) is 0 Å². The minimum atomic E-state index is -0.899. The molecule has 1 aliphatic rings. The Bertz CT molecular complexity index is 1270. The van der Waals surface area contributed by atoms with Gasteiger partial charge in [-0.25, -0.2) is 9.59 Å². The number of nitrogens with zero attached hydrogens (tertiary/aromatic N) is 1. The predicted octanol–water partition coefficient (Wildman–Crippen LogP) is 4.34. The van der Waals surface area contributed by atoms with E-state index in [-0.39, 0.29) is 43.3 Å². The molecule has 0 bridgehead atoms. The minimum Gasteiger partial charge on any atom is -0.445 e. The van der Waals surface area contributed by atoms with Crippen LogP contribution in [0, 0.1) is 11.8 Å². The molecule has 244 valence electrons. The molecule has 45 heavy (non-hydrogen) atoms. The van der Waals surface area contributed by atoms with Gasteiger partial charge < -0.3 is 30.3 Å². The fourth-order valence-electron chi connectivity index (χ4n) is 5.07. The van der Waals surface area contributed by atoms with Crippen molar-refractivity contribution in [3.05, 3.63) is 71.8 Å². The summed E-state index contributed by atoms with van der Waals surface area (Å²) in [7, 11) is 0. The van der Waals surface area contributed by atoms with Crippen molar-refractivity contribution in [2.24, 2.45) is 11.8 Å². The minimum absolute atomic E-state index is 0.0606. The maximum Gasteiger partial charge on any atom is 0.408 e. The Balaban J connectivity index is 1.57. The molecule has 1 unspecified atom stereocenters. The Labute approximate surface area is 265 Å². The van der Waals surface area contributed by atoms with E-state index in [1.807, 2.05) is 88.4 Å². The number of rotatable bonds is 13. The smallest absolute Gasteiger partial charge is 0.408 e. The zero-order valence-electron chi connectivity index (χ0n) is 26.6. The molecule has 1 saturated heterocycles. The Hall–Kier alpha value is -4.41. The van der Waals surface area contributed by atoms with Crippen molar-refractivity contribution < 1.29 is 33.4 Å². The molecule has 3 rings (SSSR count). The van der Waals surface area contributed by atoms with Crippen molar-refractivity contribution >= 4 is 29.8 Å². The van der Waals surface area contributed by atoms with Crippen LogP contribution in [0.2, 0.25) is 0 Å². The molecule has 2 aromatic rings. The third kappa shape index (κ3) is 12.2. The van der Waals surface area contributed by atoms with Crippen LogP contribution in [-0.4, -0.2) is 65.9 Å². The Morgan fingerprint density at radius 3 is 1.78 bits per heavy atom. The van der Waals surface area contributed by atoms with Crippen LogP contribution in [0.5, 0.6) is 0 Å². The summed E-state index contributed by atoms with van der Waals surface area (Å²) < 4.78 is 10.6. The SMILES string of the molecule is CC(C)CC(NC(=O)OCc1ccccc1)C(=O)N1CCC[C@H](NC(=O)[C@H](CC(C)C)NC(=O)OCc2ccccc2)C(=O)C1. The number of carbonyl (C=O) groups is 5. The van der Waals surface area contributed by atoms with Gasteiger partial charge in [0, 0.05) is 6.54 Å². The summed E-state index contributed by atoms with van der Waals surface area (Å²) >= 11 is 0. The van der Waals surface area contributed by atoms with E-state index in [1.165, 1.54) is 4.90 Å². The summed E-state index contributed by atoms with van der Waals surface area (Å²) in [5, 5.41) is 8.11. The molecule has 3 N–H and O–H groups in total. The molecular formula is C34H46N4O7. The van der Waals surface area contributed by atoms with E-state index in [1.54, 1.807) is 0 Å². The second kappa shape index (κ2) is 17.8. The standard InChI is InChI=1S/C34H46N4O7/c1-23(2)18-28(36-33(42)44-21-25-12-7-5-8-13-25)31(40)35-27-16-11-17-38(20-30(27)39)32(41)29(19-24(3)4)37-34(43)45-22-26-14-9-6-10-15-26/h5-10,12-15,23-24,27-29H,11,16-22H2,1-4H3,(H,35,40)(H,36,42)(H,37,43)/t27-,28-,29?/m0/s1. The number of hydrogen-bond acceptors (Lipinski definition) is 7. The summed E-state index contributed by atoms with van der Waals surface area (Å²) in [6.07, 6.45) is 0.0808. The Kier molecular flexibility index (Phi) is 13.9. The zero-order valence-corrected chi connectivity index (χ0v) is 26.6. The molecule has 4 amide bonds. The van der Waals surface area contributed by atoms with Gasteiger partial charge >= 0.3 is 12.2 Å². The van der Waals surface area contributed by atoms with Crippen LogP contribution in [0.25, 0.3) is 0 Å². The summed E-state index contributed by atoms with van der Waals surface area (Å²) in [5.41, 5.74) is 1.64. The molecule has 0 aromatic heterocycles. The van der Waals surface area contributed by atoms with Crippen molar-refractivity contribution in [2.45, 2.75) is 84.7 Å². The van der Waals surface area contributed by atoms with E-state index in [0.29, 0.717) is 32.2 Å².